The monoisotopic (exact) mass is 295 g/mol. The van der Waals surface area contributed by atoms with Crippen molar-refractivity contribution in [3.63, 3.8) is 0 Å². The molecule has 0 fully saturated rings. The predicted molar refractivity (Wildman–Crippen MR) is 76.3 cm³/mol. The maximum absolute atomic E-state index is 11.9. The van der Waals surface area contributed by atoms with Gasteiger partial charge in [-0.15, -0.1) is 0 Å². The summed E-state index contributed by atoms with van der Waals surface area (Å²) in [6, 6.07) is 11.0. The average Bonchev–Trinajstić information content (AvgIpc) is 2.42. The third-order valence-electron chi connectivity index (χ3n) is 2.82. The Morgan fingerprint density at radius 3 is 2.42 bits per heavy atom. The molecule has 0 aliphatic heterocycles. The fourth-order valence-corrected chi connectivity index (χ4v) is 2.36. The van der Waals surface area contributed by atoms with Gasteiger partial charge in [0.05, 0.1) is 5.02 Å². The second-order valence-corrected chi connectivity index (χ2v) is 4.85. The minimum absolute atomic E-state index is 0.0173. The van der Waals surface area contributed by atoms with Crippen molar-refractivity contribution in [3.8, 4) is 0 Å². The van der Waals surface area contributed by atoms with E-state index in [1.807, 2.05) is 30.3 Å². The normalized spacial score (nSPS) is 10.4. The van der Waals surface area contributed by atoms with Gasteiger partial charge in [-0.2, -0.15) is 0 Å². The van der Waals surface area contributed by atoms with Crippen molar-refractivity contribution in [3.05, 3.63) is 68.1 Å². The second-order valence-electron chi connectivity index (χ2n) is 4.04. The lowest BCUT2D eigenvalue weighted by Gasteiger charge is -2.11. The van der Waals surface area contributed by atoms with E-state index in [9.17, 15) is 9.59 Å². The zero-order valence-corrected chi connectivity index (χ0v) is 11.5. The van der Waals surface area contributed by atoms with Gasteiger partial charge in [0.2, 0.25) is 0 Å². The highest BCUT2D eigenvalue weighted by Gasteiger charge is 2.11. The summed E-state index contributed by atoms with van der Waals surface area (Å²) in [7, 11) is 0. The van der Waals surface area contributed by atoms with Gasteiger partial charge in [-0.3, -0.25) is 9.59 Å². The summed E-state index contributed by atoms with van der Waals surface area (Å²) in [5, 5.41) is 0.205. The van der Waals surface area contributed by atoms with Crippen LogP contribution in [0.25, 0.3) is 0 Å². The van der Waals surface area contributed by atoms with Gasteiger partial charge >= 0.3 is 0 Å². The van der Waals surface area contributed by atoms with E-state index in [2.05, 4.69) is 0 Å². The quantitative estimate of drug-likeness (QED) is 0.813. The summed E-state index contributed by atoms with van der Waals surface area (Å²) in [5.41, 5.74) is 0.832. The van der Waals surface area contributed by atoms with Crippen molar-refractivity contribution in [1.82, 2.24) is 4.57 Å². The molecule has 1 aromatic heterocycles. The summed E-state index contributed by atoms with van der Waals surface area (Å²) in [4.78, 5) is 23.0. The van der Waals surface area contributed by atoms with E-state index in [1.54, 1.807) is 0 Å². The molecule has 2 rings (SSSR count). The highest BCUT2D eigenvalue weighted by atomic mass is 35.5. The molecule has 0 spiro atoms. The number of hydrogen-bond donors (Lipinski definition) is 0. The Bertz CT molecular complexity index is 650. The highest BCUT2D eigenvalue weighted by Crippen LogP contribution is 2.17. The third kappa shape index (κ3) is 3.06. The van der Waals surface area contributed by atoms with Crippen molar-refractivity contribution < 1.29 is 4.79 Å². The summed E-state index contributed by atoms with van der Waals surface area (Å²) in [5.74, 6) is 0. The number of carbonyl (C=O) groups is 1. The number of aldehydes is 1. The molecule has 3 nitrogen and oxygen atoms in total. The van der Waals surface area contributed by atoms with Crippen molar-refractivity contribution in [2.75, 3.05) is 0 Å². The molecule has 0 radical (unpaired) electrons. The van der Waals surface area contributed by atoms with Gasteiger partial charge in [-0.25, -0.2) is 0 Å². The molecular weight excluding hydrogens is 285 g/mol. The van der Waals surface area contributed by atoms with Crippen LogP contribution in [0.15, 0.2) is 41.2 Å². The number of hydrogen-bond acceptors (Lipinski definition) is 2. The molecule has 2 aromatic rings. The van der Waals surface area contributed by atoms with Gasteiger partial charge in [0.25, 0.3) is 5.56 Å². The second kappa shape index (κ2) is 6.04. The molecule has 1 heterocycles. The lowest BCUT2D eigenvalue weighted by atomic mass is 10.1. The Morgan fingerprint density at radius 2 is 1.79 bits per heavy atom. The first-order valence-corrected chi connectivity index (χ1v) is 6.47. The van der Waals surface area contributed by atoms with Gasteiger partial charge in [0, 0.05) is 6.54 Å². The highest BCUT2D eigenvalue weighted by molar-refractivity contribution is 6.35. The van der Waals surface area contributed by atoms with Crippen LogP contribution in [0.4, 0.5) is 0 Å². The van der Waals surface area contributed by atoms with Crippen LogP contribution in [-0.2, 0) is 13.0 Å². The Hall–Kier alpha value is -1.58. The smallest absolute Gasteiger partial charge is 0.269 e. The SMILES string of the molecule is O=Cc1c(Cl)cc(Cl)c(=O)n1CCc1ccccc1. The number of rotatable bonds is 4. The molecule has 0 N–H and O–H groups in total. The maximum atomic E-state index is 11.9. The molecule has 0 aliphatic rings. The number of carbonyl (C=O) groups excluding carboxylic acids is 1. The van der Waals surface area contributed by atoms with E-state index in [1.165, 1.54) is 10.6 Å². The first-order chi connectivity index (χ1) is 9.13. The van der Waals surface area contributed by atoms with E-state index < -0.39 is 5.56 Å². The molecule has 0 aliphatic carbocycles. The number of pyridine rings is 1. The number of benzene rings is 1. The molecule has 0 unspecified atom stereocenters. The van der Waals surface area contributed by atoms with Crippen LogP contribution in [0.3, 0.4) is 0 Å². The van der Waals surface area contributed by atoms with Crippen molar-refractivity contribution >= 4 is 29.5 Å². The molecule has 0 saturated carbocycles. The third-order valence-corrected chi connectivity index (χ3v) is 3.39. The van der Waals surface area contributed by atoms with E-state index >= 15 is 0 Å². The van der Waals surface area contributed by atoms with Crippen LogP contribution in [0.1, 0.15) is 16.1 Å². The minimum Gasteiger partial charge on any atom is -0.303 e. The Kier molecular flexibility index (Phi) is 4.40. The van der Waals surface area contributed by atoms with E-state index in [0.29, 0.717) is 19.3 Å². The van der Waals surface area contributed by atoms with Gasteiger partial charge in [-0.1, -0.05) is 53.5 Å². The molecular formula is C14H11Cl2NO2. The van der Waals surface area contributed by atoms with E-state index in [0.717, 1.165) is 5.56 Å². The summed E-state index contributed by atoms with van der Waals surface area (Å²) < 4.78 is 1.31. The largest absolute Gasteiger partial charge is 0.303 e. The first kappa shape index (κ1) is 13.8. The zero-order chi connectivity index (χ0) is 13.8. The van der Waals surface area contributed by atoms with Crippen LogP contribution in [0, 0.1) is 0 Å². The van der Waals surface area contributed by atoms with Crippen LogP contribution >= 0.6 is 23.2 Å². The lowest BCUT2D eigenvalue weighted by Crippen LogP contribution is -2.25. The van der Waals surface area contributed by atoms with Crippen LogP contribution in [0.2, 0.25) is 10.0 Å². The number of halogens is 2. The lowest BCUT2D eigenvalue weighted by molar-refractivity contribution is 0.111. The molecule has 0 saturated heterocycles. The standard InChI is InChI=1S/C14H11Cl2NO2/c15-11-8-12(16)14(19)17(13(11)9-18)7-6-10-4-2-1-3-5-10/h1-5,8-9H,6-7H2. The van der Waals surface area contributed by atoms with Crippen LogP contribution in [-0.4, -0.2) is 10.9 Å². The van der Waals surface area contributed by atoms with Crippen molar-refractivity contribution in [2.24, 2.45) is 0 Å². The Balaban J connectivity index is 2.34. The number of nitrogens with zero attached hydrogens (tertiary/aromatic N) is 1. The van der Waals surface area contributed by atoms with Gasteiger partial charge in [0.15, 0.2) is 6.29 Å². The van der Waals surface area contributed by atoms with Crippen molar-refractivity contribution in [1.29, 1.82) is 0 Å². The van der Waals surface area contributed by atoms with Gasteiger partial charge in [0.1, 0.15) is 10.7 Å². The molecule has 1 aromatic carbocycles. The number of aromatic nitrogens is 1. The molecule has 0 amide bonds. The van der Waals surface area contributed by atoms with Crippen LogP contribution < -0.4 is 5.56 Å². The summed E-state index contributed by atoms with van der Waals surface area (Å²) in [6.45, 7) is 0.358. The van der Waals surface area contributed by atoms with E-state index in [-0.39, 0.29) is 15.7 Å². The van der Waals surface area contributed by atoms with E-state index in [4.69, 9.17) is 23.2 Å². The summed E-state index contributed by atoms with van der Waals surface area (Å²) >= 11 is 11.7. The fraction of sp³-hybridized carbons (Fsp3) is 0.143. The van der Waals surface area contributed by atoms with Gasteiger partial charge < -0.3 is 4.57 Å². The predicted octanol–water partition coefficient (Wildman–Crippen LogP) is 3.21. The minimum atomic E-state index is -0.399. The number of aryl methyl sites for hydroxylation is 1. The molecule has 0 atom stereocenters. The van der Waals surface area contributed by atoms with Gasteiger partial charge in [-0.05, 0) is 18.1 Å². The summed E-state index contributed by atoms with van der Waals surface area (Å²) in [6.07, 6.45) is 1.20. The van der Waals surface area contributed by atoms with Crippen LogP contribution in [0.5, 0.6) is 0 Å². The molecule has 5 heteroatoms. The Labute approximate surface area is 120 Å². The molecule has 0 bridgehead atoms. The molecule has 19 heavy (non-hydrogen) atoms. The first-order valence-electron chi connectivity index (χ1n) is 5.71. The fourth-order valence-electron chi connectivity index (χ4n) is 1.84. The maximum Gasteiger partial charge on any atom is 0.269 e. The van der Waals surface area contributed by atoms with Crippen molar-refractivity contribution in [2.45, 2.75) is 13.0 Å². The zero-order valence-electron chi connectivity index (χ0n) is 9.98. The topological polar surface area (TPSA) is 39.1 Å². The molecule has 98 valence electrons. The Morgan fingerprint density at radius 1 is 1.11 bits per heavy atom. The average molecular weight is 296 g/mol.